The van der Waals surface area contributed by atoms with Crippen molar-refractivity contribution in [2.24, 2.45) is 41.4 Å². The minimum atomic E-state index is -4.90. The van der Waals surface area contributed by atoms with Gasteiger partial charge in [0.1, 0.15) is 17.6 Å². The van der Waals surface area contributed by atoms with E-state index in [2.05, 4.69) is 10.1 Å². The molecule has 0 aromatic heterocycles. The lowest BCUT2D eigenvalue weighted by Crippen LogP contribution is -2.65. The van der Waals surface area contributed by atoms with E-state index in [0.717, 1.165) is 18.6 Å². The molecule has 0 bridgehead atoms. The summed E-state index contributed by atoms with van der Waals surface area (Å²) >= 11 is 0. The molecule has 1 aromatic rings. The number of carbonyl (C=O) groups excluding carboxylic acids is 2. The summed E-state index contributed by atoms with van der Waals surface area (Å²) < 4.78 is 77.0. The molecule has 372 valence electrons. The zero-order valence-corrected chi connectivity index (χ0v) is 40.3. The molecule has 1 aromatic carbocycles. The highest BCUT2D eigenvalue weighted by Gasteiger charge is 2.63. The molecule has 13 nitrogen and oxygen atoms in total. The van der Waals surface area contributed by atoms with E-state index in [-0.39, 0.29) is 35.5 Å². The first-order valence-corrected chi connectivity index (χ1v) is 24.3. The number of carbonyl (C=O) groups is 3. The number of aliphatic carboxylic acids is 1. The number of ether oxygens (including phenoxy) is 6. The van der Waals surface area contributed by atoms with Gasteiger partial charge in [0.15, 0.2) is 11.6 Å². The van der Waals surface area contributed by atoms with Gasteiger partial charge in [-0.15, -0.1) is 13.2 Å². The third-order valence-electron chi connectivity index (χ3n) is 16.1. The van der Waals surface area contributed by atoms with Crippen LogP contribution in [0.5, 0.6) is 5.75 Å². The van der Waals surface area contributed by atoms with Gasteiger partial charge in [-0.1, -0.05) is 61.5 Å². The van der Waals surface area contributed by atoms with Crippen molar-refractivity contribution >= 4 is 17.7 Å². The van der Waals surface area contributed by atoms with Crippen LogP contribution in [0.3, 0.4) is 0 Å². The van der Waals surface area contributed by atoms with Crippen molar-refractivity contribution in [2.45, 2.75) is 205 Å². The quantitative estimate of drug-likeness (QED) is 0.123. The monoisotopic (exact) mass is 938 g/mol. The van der Waals surface area contributed by atoms with Crippen LogP contribution in [0.4, 0.5) is 13.2 Å². The van der Waals surface area contributed by atoms with E-state index in [9.17, 15) is 42.9 Å². The van der Waals surface area contributed by atoms with Crippen LogP contribution < -0.4 is 10.1 Å². The second-order valence-corrected chi connectivity index (χ2v) is 20.5. The molecule has 16 heteroatoms. The summed E-state index contributed by atoms with van der Waals surface area (Å²) in [5.74, 6) is -7.98. The number of carboxylic acids is 1. The largest absolute Gasteiger partial charge is 0.573 e. The first-order chi connectivity index (χ1) is 30.8. The Balaban J connectivity index is 1.26. The summed E-state index contributed by atoms with van der Waals surface area (Å²) in [4.78, 5) is 40.6. The summed E-state index contributed by atoms with van der Waals surface area (Å²) in [6.07, 6.45) is 0.126. The lowest BCUT2D eigenvalue weighted by Gasteiger charge is -2.55. The molecule has 5 heterocycles. The zero-order chi connectivity index (χ0) is 48.7. The lowest BCUT2D eigenvalue weighted by molar-refractivity contribution is -0.397. The highest BCUT2D eigenvalue weighted by Crippen LogP contribution is 2.54. The van der Waals surface area contributed by atoms with Crippen LogP contribution in [0.1, 0.15) is 144 Å². The molecule has 66 heavy (non-hydrogen) atoms. The first kappa shape index (κ1) is 52.3. The van der Waals surface area contributed by atoms with Gasteiger partial charge in [0.05, 0.1) is 53.7 Å². The SMILES string of the molecule is CC[C@@H](C(=O)[C@@H](C)[C@@H](O)[C@H](C)[C@@H]1O[C@@H]([C@@H](CC)C(=O)O)CC[C@@H]1C)[C@H]1O[C@]2(C=C[C@H](NC(=O)c3ccc(OC(F)(F)F)cc3)[C@]3(CC[C@@](C)([C@H]4CC[C@](O)(CC)[C@H](C)O4)O3)O2)[C@H](C)C[C@@H]1C. The Labute approximate surface area is 387 Å². The number of ketones is 1. The molecule has 4 N–H and O–H groups in total. The Hall–Kier alpha value is -3.12. The molecule has 0 aliphatic carbocycles. The second-order valence-electron chi connectivity index (χ2n) is 20.5. The number of nitrogens with one attached hydrogen (secondary N) is 1. The van der Waals surface area contributed by atoms with Gasteiger partial charge in [-0.2, -0.15) is 0 Å². The number of rotatable bonds is 15. The molecule has 5 aliphatic heterocycles. The average molecular weight is 938 g/mol. The van der Waals surface area contributed by atoms with E-state index in [0.29, 0.717) is 51.4 Å². The van der Waals surface area contributed by atoms with E-state index in [4.69, 9.17) is 23.7 Å². The molecule has 6 rings (SSSR count). The molecule has 18 atom stereocenters. The molecule has 0 saturated carbocycles. The van der Waals surface area contributed by atoms with Gasteiger partial charge >= 0.3 is 12.3 Å². The van der Waals surface area contributed by atoms with Gasteiger partial charge in [-0.05, 0) is 114 Å². The van der Waals surface area contributed by atoms with Crippen molar-refractivity contribution in [3.8, 4) is 5.75 Å². The van der Waals surface area contributed by atoms with Crippen molar-refractivity contribution in [1.29, 1.82) is 0 Å². The van der Waals surface area contributed by atoms with Crippen LogP contribution in [-0.2, 0) is 33.3 Å². The number of aliphatic hydroxyl groups excluding tert-OH is 1. The molecule has 0 unspecified atom stereocenters. The minimum absolute atomic E-state index is 0.0476. The Bertz CT molecular complexity index is 1900. The molecular formula is C50H74F3NO12. The fourth-order valence-electron chi connectivity index (χ4n) is 11.7. The maximum absolute atomic E-state index is 14.7. The zero-order valence-electron chi connectivity index (χ0n) is 40.3. The first-order valence-electron chi connectivity index (χ1n) is 24.3. The third-order valence-corrected chi connectivity index (χ3v) is 16.1. The topological polar surface area (TPSA) is 179 Å². The maximum atomic E-state index is 14.7. The maximum Gasteiger partial charge on any atom is 0.573 e. The van der Waals surface area contributed by atoms with Crippen LogP contribution in [0.25, 0.3) is 0 Å². The van der Waals surface area contributed by atoms with Gasteiger partial charge in [-0.25, -0.2) is 0 Å². The standard InChI is InChI=1S/C50H74F3NO12/c1-11-35(45(58)59)37-19-14-27(4)42(62-37)31(8)40(55)30(7)41(56)36(12-2)43-28(5)26-29(6)48(64-43)23-20-38(54-44(57)33-15-17-34(18-16-33)63-50(51,52)53)49(66-48)25-24-46(10,65-49)39-21-22-47(60,13-3)32(9)61-39/h15-18,20,23,27-32,35-40,42-43,55,60H,11-14,19,21-22,24-26H2,1-10H3,(H,54,57)(H,58,59)/t27-,28-,29+,30-,31-,32-,35+,36-,37+,38-,39+,40+,42+,43-,46-,47+,48-,49-/m0/s1. The summed E-state index contributed by atoms with van der Waals surface area (Å²) in [5.41, 5.74) is -1.84. The molecule has 0 radical (unpaired) electrons. The number of hydrogen-bond acceptors (Lipinski definition) is 11. The molecule has 4 fully saturated rings. The van der Waals surface area contributed by atoms with Gasteiger partial charge in [-0.3, -0.25) is 14.4 Å². The number of benzene rings is 1. The van der Waals surface area contributed by atoms with Crippen molar-refractivity contribution in [3.05, 3.63) is 42.0 Å². The molecule has 4 saturated heterocycles. The second kappa shape index (κ2) is 20.1. The molecule has 5 aliphatic rings. The summed E-state index contributed by atoms with van der Waals surface area (Å²) in [7, 11) is 0. The van der Waals surface area contributed by atoms with Crippen LogP contribution in [0.15, 0.2) is 36.4 Å². The molecule has 1 amide bonds. The van der Waals surface area contributed by atoms with Crippen LogP contribution >= 0.6 is 0 Å². The van der Waals surface area contributed by atoms with Crippen molar-refractivity contribution in [2.75, 3.05) is 0 Å². The van der Waals surface area contributed by atoms with Gasteiger partial charge < -0.3 is 49.1 Å². The number of hydrogen-bond donors (Lipinski definition) is 4. The fraction of sp³-hybridized carbons (Fsp3) is 0.780. The summed E-state index contributed by atoms with van der Waals surface area (Å²) in [5, 5.41) is 36.0. The van der Waals surface area contributed by atoms with Crippen molar-refractivity contribution in [3.63, 3.8) is 0 Å². The summed E-state index contributed by atoms with van der Waals surface area (Å²) in [6.45, 7) is 19.1. The number of halogens is 3. The smallest absolute Gasteiger partial charge is 0.481 e. The Morgan fingerprint density at radius 1 is 0.894 bits per heavy atom. The Kier molecular flexibility index (Phi) is 15.9. The predicted molar refractivity (Wildman–Crippen MR) is 237 cm³/mol. The molecular weight excluding hydrogens is 864 g/mol. The van der Waals surface area contributed by atoms with Crippen LogP contribution in [0.2, 0.25) is 0 Å². The Morgan fingerprint density at radius 2 is 1.56 bits per heavy atom. The van der Waals surface area contributed by atoms with E-state index in [1.165, 1.54) is 12.1 Å². The number of alkyl halides is 3. The normalized spacial score (nSPS) is 39.5. The molecule has 2 spiro atoms. The highest BCUT2D eigenvalue weighted by molar-refractivity contribution is 5.94. The number of carboxylic acid groups (broad SMARTS) is 1. The van der Waals surface area contributed by atoms with Crippen molar-refractivity contribution < 1.29 is 71.3 Å². The van der Waals surface area contributed by atoms with Crippen molar-refractivity contribution in [1.82, 2.24) is 5.32 Å². The van der Waals surface area contributed by atoms with Gasteiger partial charge in [0.25, 0.3) is 5.91 Å². The minimum Gasteiger partial charge on any atom is -0.481 e. The number of Topliss-reactive ketones (excluding diaryl/α,β-unsaturated/α-hetero) is 1. The highest BCUT2D eigenvalue weighted by atomic mass is 19.4. The number of amides is 1. The summed E-state index contributed by atoms with van der Waals surface area (Å²) in [6, 6.07) is 3.71. The fourth-order valence-corrected chi connectivity index (χ4v) is 11.7. The van der Waals surface area contributed by atoms with Crippen LogP contribution in [0, 0.1) is 41.4 Å². The van der Waals surface area contributed by atoms with Crippen LogP contribution in [-0.4, -0.2) is 105 Å². The number of aliphatic hydroxyl groups is 2. The van der Waals surface area contributed by atoms with Gasteiger partial charge in [0.2, 0.25) is 0 Å². The van der Waals surface area contributed by atoms with Gasteiger partial charge in [0, 0.05) is 35.7 Å². The Morgan fingerprint density at radius 3 is 2.15 bits per heavy atom. The van der Waals surface area contributed by atoms with E-state index in [1.807, 2.05) is 62.3 Å². The third kappa shape index (κ3) is 10.5. The average Bonchev–Trinajstić information content (AvgIpc) is 3.60. The predicted octanol–water partition coefficient (Wildman–Crippen LogP) is 8.52. The van der Waals surface area contributed by atoms with E-state index < -0.39 is 113 Å². The van der Waals surface area contributed by atoms with E-state index in [1.54, 1.807) is 19.1 Å². The van der Waals surface area contributed by atoms with E-state index >= 15 is 0 Å². The lowest BCUT2D eigenvalue weighted by atomic mass is 9.72.